The van der Waals surface area contributed by atoms with E-state index in [9.17, 15) is 0 Å². The van der Waals surface area contributed by atoms with Gasteiger partial charge in [0.1, 0.15) is 0 Å². The Labute approximate surface area is 57.8 Å². The number of nitrogens with one attached hydrogen (secondary N) is 1. The first-order chi connectivity index (χ1) is 4.25. The maximum atomic E-state index is 3.33. The molecule has 1 aliphatic rings. The Kier molecular flexibility index (Phi) is 2.12. The van der Waals surface area contributed by atoms with Crippen molar-refractivity contribution < 1.29 is 0 Å². The van der Waals surface area contributed by atoms with E-state index in [4.69, 9.17) is 0 Å². The molecule has 0 heterocycles. The highest BCUT2D eigenvalue weighted by Gasteiger charge is 2.31. The first-order valence-electron chi connectivity index (χ1n) is 3.93. The van der Waals surface area contributed by atoms with Gasteiger partial charge in [-0.3, -0.25) is 0 Å². The van der Waals surface area contributed by atoms with E-state index in [0.29, 0.717) is 0 Å². The van der Waals surface area contributed by atoms with Gasteiger partial charge in [-0.1, -0.05) is 13.8 Å². The summed E-state index contributed by atoms with van der Waals surface area (Å²) < 4.78 is 0. The third-order valence-electron chi connectivity index (χ3n) is 2.55. The van der Waals surface area contributed by atoms with E-state index in [1.165, 1.54) is 12.8 Å². The summed E-state index contributed by atoms with van der Waals surface area (Å²) >= 11 is 0. The van der Waals surface area contributed by atoms with Crippen molar-refractivity contribution in [3.8, 4) is 0 Å². The van der Waals surface area contributed by atoms with Gasteiger partial charge in [0.15, 0.2) is 0 Å². The second kappa shape index (κ2) is 2.70. The van der Waals surface area contributed by atoms with Crippen molar-refractivity contribution in [3.05, 3.63) is 0 Å². The summed E-state index contributed by atoms with van der Waals surface area (Å²) in [6, 6.07) is 0.824. The molecule has 0 amide bonds. The molecule has 1 N–H and O–H groups in total. The standard InChI is InChI=1S/C8H17N/c1-6(2)7-4-5-8(7)9-3/h6-9H,4-5H2,1-3H3. The molecule has 0 radical (unpaired) electrons. The Morgan fingerprint density at radius 2 is 2.00 bits per heavy atom. The van der Waals surface area contributed by atoms with Crippen LogP contribution in [0.3, 0.4) is 0 Å². The van der Waals surface area contributed by atoms with Crippen LogP contribution in [0.4, 0.5) is 0 Å². The van der Waals surface area contributed by atoms with Crippen LogP contribution in [0, 0.1) is 11.8 Å². The smallest absolute Gasteiger partial charge is 0.00948 e. The number of hydrogen-bond donors (Lipinski definition) is 1. The van der Waals surface area contributed by atoms with Gasteiger partial charge < -0.3 is 5.32 Å². The summed E-state index contributed by atoms with van der Waals surface area (Å²) in [7, 11) is 2.07. The molecular formula is C8H17N. The Balaban J connectivity index is 2.27. The van der Waals surface area contributed by atoms with Crippen molar-refractivity contribution >= 4 is 0 Å². The molecule has 1 heteroatoms. The third-order valence-corrected chi connectivity index (χ3v) is 2.55. The lowest BCUT2D eigenvalue weighted by atomic mass is 9.73. The molecule has 2 unspecified atom stereocenters. The molecule has 9 heavy (non-hydrogen) atoms. The van der Waals surface area contributed by atoms with E-state index in [1.54, 1.807) is 0 Å². The van der Waals surface area contributed by atoms with Crippen molar-refractivity contribution in [2.75, 3.05) is 7.05 Å². The molecule has 0 aliphatic heterocycles. The van der Waals surface area contributed by atoms with Crippen LogP contribution >= 0.6 is 0 Å². The van der Waals surface area contributed by atoms with E-state index in [2.05, 4.69) is 26.2 Å². The van der Waals surface area contributed by atoms with E-state index in [-0.39, 0.29) is 0 Å². The molecule has 54 valence electrons. The summed E-state index contributed by atoms with van der Waals surface area (Å²) in [5, 5.41) is 3.33. The Hall–Kier alpha value is -0.0400. The predicted octanol–water partition coefficient (Wildman–Crippen LogP) is 1.64. The highest BCUT2D eigenvalue weighted by Crippen LogP contribution is 2.33. The van der Waals surface area contributed by atoms with Crippen LogP contribution in [0.2, 0.25) is 0 Å². The molecule has 0 bridgehead atoms. The summed E-state index contributed by atoms with van der Waals surface area (Å²) in [5.74, 6) is 1.83. The van der Waals surface area contributed by atoms with Crippen LogP contribution in [0.1, 0.15) is 26.7 Å². The monoisotopic (exact) mass is 127 g/mol. The molecule has 1 saturated carbocycles. The van der Waals surface area contributed by atoms with E-state index >= 15 is 0 Å². The maximum Gasteiger partial charge on any atom is 0.00948 e. The van der Waals surface area contributed by atoms with E-state index in [1.807, 2.05) is 0 Å². The molecule has 1 nitrogen and oxygen atoms in total. The van der Waals surface area contributed by atoms with Gasteiger partial charge >= 0.3 is 0 Å². The van der Waals surface area contributed by atoms with Crippen LogP contribution in [-0.2, 0) is 0 Å². The SMILES string of the molecule is CNC1CCC1C(C)C. The Bertz CT molecular complexity index is 86.6. The molecule has 0 aromatic carbocycles. The van der Waals surface area contributed by atoms with Gasteiger partial charge in [0.05, 0.1) is 0 Å². The van der Waals surface area contributed by atoms with Crippen molar-refractivity contribution in [3.63, 3.8) is 0 Å². The Morgan fingerprint density at radius 3 is 2.11 bits per heavy atom. The lowest BCUT2D eigenvalue weighted by Gasteiger charge is -2.39. The van der Waals surface area contributed by atoms with Crippen molar-refractivity contribution in [1.82, 2.24) is 5.32 Å². The van der Waals surface area contributed by atoms with E-state index < -0.39 is 0 Å². The second-order valence-corrected chi connectivity index (χ2v) is 3.38. The molecule has 1 aliphatic carbocycles. The topological polar surface area (TPSA) is 12.0 Å². The average Bonchev–Trinajstić information content (AvgIpc) is 1.61. The van der Waals surface area contributed by atoms with Crippen molar-refractivity contribution in [2.24, 2.45) is 11.8 Å². The zero-order valence-corrected chi connectivity index (χ0v) is 6.65. The minimum Gasteiger partial charge on any atom is -0.317 e. The summed E-state index contributed by atoms with van der Waals surface area (Å²) in [6.45, 7) is 4.63. The van der Waals surface area contributed by atoms with Crippen LogP contribution in [-0.4, -0.2) is 13.1 Å². The largest absolute Gasteiger partial charge is 0.317 e. The molecule has 0 aromatic rings. The van der Waals surface area contributed by atoms with Crippen molar-refractivity contribution in [2.45, 2.75) is 32.7 Å². The minimum atomic E-state index is 0.824. The molecular weight excluding hydrogens is 110 g/mol. The first kappa shape index (κ1) is 7.07. The van der Waals surface area contributed by atoms with Crippen LogP contribution < -0.4 is 5.32 Å². The first-order valence-corrected chi connectivity index (χ1v) is 3.93. The fourth-order valence-electron chi connectivity index (χ4n) is 1.68. The summed E-state index contributed by atoms with van der Waals surface area (Å²) in [4.78, 5) is 0. The highest BCUT2D eigenvalue weighted by atomic mass is 14.9. The van der Waals surface area contributed by atoms with Crippen LogP contribution in [0.5, 0.6) is 0 Å². The molecule has 2 atom stereocenters. The molecule has 0 saturated heterocycles. The predicted molar refractivity (Wildman–Crippen MR) is 40.4 cm³/mol. The molecule has 0 aromatic heterocycles. The molecule has 1 fully saturated rings. The zero-order valence-electron chi connectivity index (χ0n) is 6.65. The Morgan fingerprint density at radius 1 is 1.33 bits per heavy atom. The summed E-state index contributed by atoms with van der Waals surface area (Å²) in [6.07, 6.45) is 2.82. The van der Waals surface area contributed by atoms with E-state index in [0.717, 1.165) is 17.9 Å². The van der Waals surface area contributed by atoms with Gasteiger partial charge in [0.25, 0.3) is 0 Å². The molecule has 0 spiro atoms. The normalized spacial score (nSPS) is 34.7. The lowest BCUT2D eigenvalue weighted by Crippen LogP contribution is -2.44. The maximum absolute atomic E-state index is 3.33. The van der Waals surface area contributed by atoms with Gasteiger partial charge in [-0.05, 0) is 31.7 Å². The van der Waals surface area contributed by atoms with Gasteiger partial charge in [-0.15, -0.1) is 0 Å². The zero-order chi connectivity index (χ0) is 6.85. The lowest BCUT2D eigenvalue weighted by molar-refractivity contribution is 0.163. The highest BCUT2D eigenvalue weighted by molar-refractivity contribution is 4.87. The second-order valence-electron chi connectivity index (χ2n) is 3.38. The third kappa shape index (κ3) is 1.26. The average molecular weight is 127 g/mol. The minimum absolute atomic E-state index is 0.824. The fraction of sp³-hybridized carbons (Fsp3) is 1.00. The van der Waals surface area contributed by atoms with Crippen LogP contribution in [0.15, 0.2) is 0 Å². The van der Waals surface area contributed by atoms with Gasteiger partial charge in [0, 0.05) is 6.04 Å². The number of rotatable bonds is 2. The van der Waals surface area contributed by atoms with Gasteiger partial charge in [-0.25, -0.2) is 0 Å². The van der Waals surface area contributed by atoms with Crippen LogP contribution in [0.25, 0.3) is 0 Å². The summed E-state index contributed by atoms with van der Waals surface area (Å²) in [5.41, 5.74) is 0. The quantitative estimate of drug-likeness (QED) is 0.594. The number of hydrogen-bond acceptors (Lipinski definition) is 1. The van der Waals surface area contributed by atoms with Crippen molar-refractivity contribution in [1.29, 1.82) is 0 Å². The molecule has 1 rings (SSSR count). The van der Waals surface area contributed by atoms with Gasteiger partial charge in [-0.2, -0.15) is 0 Å². The fourth-order valence-corrected chi connectivity index (χ4v) is 1.68. The van der Waals surface area contributed by atoms with Gasteiger partial charge in [0.2, 0.25) is 0 Å².